The molecule has 2 aliphatic rings. The number of hydrogen-bond donors (Lipinski definition) is 0. The quantitative estimate of drug-likeness (QED) is 0.466. The van der Waals surface area contributed by atoms with Crippen molar-refractivity contribution in [2.75, 3.05) is 0 Å². The molecule has 2 aliphatic carbocycles. The number of hydrogen-bond acceptors (Lipinski definition) is 1. The van der Waals surface area contributed by atoms with Gasteiger partial charge in [0.15, 0.2) is 5.78 Å². The molecule has 0 fully saturated rings. The Hall–Kier alpha value is -2.67. The zero-order chi connectivity index (χ0) is 15.4. The standard InChI is InChI=1S/C22H16O/c23-22-18-10-4-3-9-17(18)21-16-8-2-1-6-14(16)12-13-15-7-5-11-19(22)20(15)21/h1-11,21H,12-13H2. The van der Waals surface area contributed by atoms with Crippen molar-refractivity contribution >= 4 is 5.78 Å². The van der Waals surface area contributed by atoms with E-state index in [4.69, 9.17) is 0 Å². The second kappa shape index (κ2) is 4.66. The number of carbonyl (C=O) groups is 1. The molecular formula is C22H16O. The first kappa shape index (κ1) is 12.8. The van der Waals surface area contributed by atoms with E-state index in [0.717, 1.165) is 29.5 Å². The molecule has 0 heterocycles. The van der Waals surface area contributed by atoms with E-state index in [2.05, 4.69) is 36.4 Å². The predicted octanol–water partition coefficient (Wildman–Crippen LogP) is 4.51. The SMILES string of the molecule is O=C1c2ccccc2C2c3ccccc3CCc3cccc1c32. The van der Waals surface area contributed by atoms with Crippen LogP contribution in [-0.2, 0) is 12.8 Å². The van der Waals surface area contributed by atoms with E-state index in [0.29, 0.717) is 0 Å². The van der Waals surface area contributed by atoms with Crippen LogP contribution in [0.4, 0.5) is 0 Å². The van der Waals surface area contributed by atoms with E-state index in [-0.39, 0.29) is 11.7 Å². The Morgan fingerprint density at radius 1 is 0.652 bits per heavy atom. The van der Waals surface area contributed by atoms with Crippen molar-refractivity contribution in [3.8, 4) is 0 Å². The minimum atomic E-state index is 0.174. The van der Waals surface area contributed by atoms with Crippen molar-refractivity contribution < 1.29 is 4.79 Å². The third-order valence-electron chi connectivity index (χ3n) is 5.28. The molecule has 0 bridgehead atoms. The maximum absolute atomic E-state index is 13.0. The van der Waals surface area contributed by atoms with E-state index in [9.17, 15) is 4.79 Å². The van der Waals surface area contributed by atoms with Crippen LogP contribution >= 0.6 is 0 Å². The normalized spacial score (nSPS) is 17.7. The van der Waals surface area contributed by atoms with E-state index in [1.54, 1.807) is 0 Å². The number of ketones is 1. The van der Waals surface area contributed by atoms with Crippen molar-refractivity contribution in [2.24, 2.45) is 0 Å². The van der Waals surface area contributed by atoms with Gasteiger partial charge in [-0.1, -0.05) is 66.7 Å². The first-order chi connectivity index (χ1) is 11.3. The van der Waals surface area contributed by atoms with Gasteiger partial charge in [-0.2, -0.15) is 0 Å². The fraction of sp³-hybridized carbons (Fsp3) is 0.136. The fourth-order valence-electron chi connectivity index (χ4n) is 4.26. The van der Waals surface area contributed by atoms with Gasteiger partial charge >= 0.3 is 0 Å². The van der Waals surface area contributed by atoms with E-state index in [1.807, 2.05) is 30.3 Å². The van der Waals surface area contributed by atoms with Gasteiger partial charge in [0.2, 0.25) is 0 Å². The summed E-state index contributed by atoms with van der Waals surface area (Å²) in [7, 11) is 0. The van der Waals surface area contributed by atoms with Gasteiger partial charge in [-0.25, -0.2) is 0 Å². The highest BCUT2D eigenvalue weighted by Gasteiger charge is 2.35. The van der Waals surface area contributed by atoms with E-state index in [1.165, 1.54) is 22.3 Å². The Kier molecular flexibility index (Phi) is 2.60. The highest BCUT2D eigenvalue weighted by molar-refractivity contribution is 6.13. The highest BCUT2D eigenvalue weighted by atomic mass is 16.1. The summed E-state index contributed by atoms with van der Waals surface area (Å²) >= 11 is 0. The van der Waals surface area contributed by atoms with Gasteiger partial charge in [0, 0.05) is 17.0 Å². The molecule has 0 amide bonds. The van der Waals surface area contributed by atoms with Gasteiger partial charge in [0.25, 0.3) is 0 Å². The molecule has 1 nitrogen and oxygen atoms in total. The molecule has 0 saturated carbocycles. The average molecular weight is 296 g/mol. The second-order valence-corrected chi connectivity index (χ2v) is 6.43. The van der Waals surface area contributed by atoms with Crippen LogP contribution < -0.4 is 0 Å². The molecule has 1 heteroatoms. The smallest absolute Gasteiger partial charge is 0.193 e. The van der Waals surface area contributed by atoms with Crippen LogP contribution in [0.2, 0.25) is 0 Å². The van der Waals surface area contributed by atoms with Crippen molar-refractivity contribution in [2.45, 2.75) is 18.8 Å². The molecule has 23 heavy (non-hydrogen) atoms. The van der Waals surface area contributed by atoms with Gasteiger partial charge in [-0.3, -0.25) is 4.79 Å². The van der Waals surface area contributed by atoms with Crippen molar-refractivity contribution in [1.82, 2.24) is 0 Å². The first-order valence-corrected chi connectivity index (χ1v) is 8.18. The topological polar surface area (TPSA) is 17.1 Å². The Morgan fingerprint density at radius 2 is 1.30 bits per heavy atom. The summed E-state index contributed by atoms with van der Waals surface area (Å²) in [5.41, 5.74) is 8.24. The lowest BCUT2D eigenvalue weighted by Gasteiger charge is -2.29. The molecule has 110 valence electrons. The number of benzene rings is 3. The number of aryl methyl sites for hydroxylation is 2. The molecule has 0 aliphatic heterocycles. The number of fused-ring (bicyclic) bond motifs is 4. The fourth-order valence-corrected chi connectivity index (χ4v) is 4.26. The van der Waals surface area contributed by atoms with Gasteiger partial charge < -0.3 is 0 Å². The lowest BCUT2D eigenvalue weighted by Crippen LogP contribution is -2.21. The minimum Gasteiger partial charge on any atom is -0.289 e. The van der Waals surface area contributed by atoms with Crippen LogP contribution in [0.1, 0.15) is 49.7 Å². The Balaban J connectivity index is 1.92. The summed E-state index contributed by atoms with van der Waals surface area (Å²) in [5.74, 6) is 0.363. The molecule has 0 aromatic heterocycles. The predicted molar refractivity (Wildman–Crippen MR) is 91.1 cm³/mol. The maximum Gasteiger partial charge on any atom is 0.193 e. The third-order valence-corrected chi connectivity index (χ3v) is 5.28. The zero-order valence-corrected chi connectivity index (χ0v) is 12.8. The minimum absolute atomic E-state index is 0.174. The lowest BCUT2D eigenvalue weighted by molar-refractivity contribution is 0.103. The van der Waals surface area contributed by atoms with Crippen LogP contribution in [0.5, 0.6) is 0 Å². The Morgan fingerprint density at radius 3 is 2.22 bits per heavy atom. The first-order valence-electron chi connectivity index (χ1n) is 8.18. The molecule has 0 saturated heterocycles. The largest absolute Gasteiger partial charge is 0.289 e. The molecule has 5 rings (SSSR count). The van der Waals surface area contributed by atoms with Crippen LogP contribution in [0.15, 0.2) is 66.7 Å². The molecule has 1 unspecified atom stereocenters. The van der Waals surface area contributed by atoms with Gasteiger partial charge in [0.1, 0.15) is 0 Å². The van der Waals surface area contributed by atoms with Crippen molar-refractivity contribution in [3.63, 3.8) is 0 Å². The molecule has 1 atom stereocenters. The Bertz CT molecular complexity index is 952. The Labute approximate surface area is 135 Å². The maximum atomic E-state index is 13.0. The molecule has 0 radical (unpaired) electrons. The monoisotopic (exact) mass is 296 g/mol. The number of carbonyl (C=O) groups excluding carboxylic acids is 1. The average Bonchev–Trinajstić information content (AvgIpc) is 2.77. The molecule has 3 aromatic rings. The summed E-state index contributed by atoms with van der Waals surface area (Å²) in [4.78, 5) is 13.0. The van der Waals surface area contributed by atoms with E-state index >= 15 is 0 Å². The van der Waals surface area contributed by atoms with Crippen LogP contribution in [-0.4, -0.2) is 5.78 Å². The molecule has 3 aromatic carbocycles. The summed E-state index contributed by atoms with van der Waals surface area (Å²) in [6.07, 6.45) is 2.05. The van der Waals surface area contributed by atoms with Crippen LogP contribution in [0.25, 0.3) is 0 Å². The molecule has 0 N–H and O–H groups in total. The van der Waals surface area contributed by atoms with Crippen molar-refractivity contribution in [3.05, 3.63) is 106 Å². The van der Waals surface area contributed by atoms with Crippen LogP contribution in [0.3, 0.4) is 0 Å². The van der Waals surface area contributed by atoms with Gasteiger partial charge in [-0.05, 0) is 40.7 Å². The summed E-state index contributed by atoms with van der Waals surface area (Å²) < 4.78 is 0. The highest BCUT2D eigenvalue weighted by Crippen LogP contribution is 2.45. The summed E-state index contributed by atoms with van der Waals surface area (Å²) in [6.45, 7) is 0. The van der Waals surface area contributed by atoms with Gasteiger partial charge in [-0.15, -0.1) is 0 Å². The summed E-state index contributed by atoms with van der Waals surface area (Å²) in [5, 5.41) is 0. The third kappa shape index (κ3) is 1.71. The lowest BCUT2D eigenvalue weighted by atomic mass is 9.73. The second-order valence-electron chi connectivity index (χ2n) is 6.43. The molecule has 0 spiro atoms. The van der Waals surface area contributed by atoms with Crippen molar-refractivity contribution in [1.29, 1.82) is 0 Å². The summed E-state index contributed by atoms with van der Waals surface area (Å²) in [6, 6.07) is 23.0. The van der Waals surface area contributed by atoms with Crippen LogP contribution in [0, 0.1) is 0 Å². The zero-order valence-electron chi connectivity index (χ0n) is 12.8. The van der Waals surface area contributed by atoms with E-state index < -0.39 is 0 Å². The van der Waals surface area contributed by atoms with Gasteiger partial charge in [0.05, 0.1) is 0 Å². The number of rotatable bonds is 0. The molecular weight excluding hydrogens is 280 g/mol.